The molecule has 10 heteroatoms. The van der Waals surface area contributed by atoms with Crippen LogP contribution in [0.4, 0.5) is 5.69 Å². The van der Waals surface area contributed by atoms with Crippen LogP contribution in [0.5, 0.6) is 0 Å². The number of carbonyl (C=O) groups is 2. The van der Waals surface area contributed by atoms with Gasteiger partial charge in [-0.25, -0.2) is 4.98 Å². The number of aromatic nitrogens is 2. The standard InChI is InChI=1S/C26H23ClN4O3S2/c1-15-7-3-6-10-20(15)31-25(34)23-17-11-12-30(16(2)32)13-21(17)36-24(23)29-26(31)35-14-22(33)28-19-9-5-4-8-18(19)27/h3-10H,11-14H2,1-2H3,(H,28,33). The van der Waals surface area contributed by atoms with E-state index in [1.165, 1.54) is 23.1 Å². The highest BCUT2D eigenvalue weighted by Crippen LogP contribution is 2.34. The molecule has 1 aliphatic rings. The molecule has 0 spiro atoms. The molecule has 5 rings (SSSR count). The first-order chi connectivity index (χ1) is 17.3. The predicted molar refractivity (Wildman–Crippen MR) is 146 cm³/mol. The summed E-state index contributed by atoms with van der Waals surface area (Å²) in [5.74, 6) is -0.177. The number of nitrogens with zero attached hydrogens (tertiary/aromatic N) is 3. The molecule has 2 aromatic carbocycles. The lowest BCUT2D eigenvalue weighted by molar-refractivity contribution is -0.129. The van der Waals surface area contributed by atoms with Gasteiger partial charge in [0.2, 0.25) is 11.8 Å². The Kier molecular flexibility index (Phi) is 6.87. The Morgan fingerprint density at radius 3 is 2.67 bits per heavy atom. The van der Waals surface area contributed by atoms with E-state index in [1.807, 2.05) is 31.2 Å². The number of amides is 2. The number of hydrogen-bond donors (Lipinski definition) is 1. The van der Waals surface area contributed by atoms with Crippen molar-refractivity contribution in [2.24, 2.45) is 0 Å². The fourth-order valence-corrected chi connectivity index (χ4v) is 6.56. The van der Waals surface area contributed by atoms with Crippen molar-refractivity contribution < 1.29 is 9.59 Å². The zero-order valence-electron chi connectivity index (χ0n) is 19.7. The first kappa shape index (κ1) is 24.5. The Labute approximate surface area is 221 Å². The lowest BCUT2D eigenvalue weighted by atomic mass is 10.1. The molecule has 1 N–H and O–H groups in total. The molecule has 184 valence electrons. The summed E-state index contributed by atoms with van der Waals surface area (Å²) in [6.45, 7) is 4.57. The molecule has 0 atom stereocenters. The van der Waals surface area contributed by atoms with Crippen LogP contribution in [-0.2, 0) is 22.6 Å². The number of aryl methyl sites for hydroxylation is 1. The van der Waals surface area contributed by atoms with Crippen LogP contribution in [0, 0.1) is 6.92 Å². The van der Waals surface area contributed by atoms with Crippen LogP contribution in [0.1, 0.15) is 22.9 Å². The fraction of sp³-hybridized carbons (Fsp3) is 0.231. The van der Waals surface area contributed by atoms with Gasteiger partial charge in [-0.3, -0.25) is 19.0 Å². The Morgan fingerprint density at radius 1 is 1.17 bits per heavy atom. The van der Waals surface area contributed by atoms with Gasteiger partial charge in [0.25, 0.3) is 5.56 Å². The van der Waals surface area contributed by atoms with Crippen LogP contribution < -0.4 is 10.9 Å². The van der Waals surface area contributed by atoms with Crippen molar-refractivity contribution in [3.05, 3.63) is 79.9 Å². The maximum Gasteiger partial charge on any atom is 0.267 e. The SMILES string of the molecule is CC(=O)N1CCc2c(sc3nc(SCC(=O)Nc4ccccc4Cl)n(-c4ccccc4C)c(=O)c23)C1. The monoisotopic (exact) mass is 538 g/mol. The molecule has 0 unspecified atom stereocenters. The second-order valence-corrected chi connectivity index (χ2v) is 10.9. The molecule has 0 saturated heterocycles. The number of fused-ring (bicyclic) bond motifs is 3. The van der Waals surface area contributed by atoms with Crippen LogP contribution in [0.3, 0.4) is 0 Å². The fourth-order valence-electron chi connectivity index (χ4n) is 4.30. The van der Waals surface area contributed by atoms with Crippen LogP contribution >= 0.6 is 34.7 Å². The zero-order chi connectivity index (χ0) is 25.4. The molecule has 36 heavy (non-hydrogen) atoms. The summed E-state index contributed by atoms with van der Waals surface area (Å²) in [5, 5.41) is 4.32. The highest BCUT2D eigenvalue weighted by molar-refractivity contribution is 7.99. The topological polar surface area (TPSA) is 84.3 Å². The number of halogens is 1. The lowest BCUT2D eigenvalue weighted by Gasteiger charge is -2.25. The number of para-hydroxylation sites is 2. The van der Waals surface area contributed by atoms with E-state index >= 15 is 0 Å². The molecule has 7 nitrogen and oxygen atoms in total. The summed E-state index contributed by atoms with van der Waals surface area (Å²) in [7, 11) is 0. The number of thiophene rings is 1. The number of anilines is 1. The second-order valence-electron chi connectivity index (χ2n) is 8.51. The summed E-state index contributed by atoms with van der Waals surface area (Å²) in [4.78, 5) is 46.9. The number of hydrogen-bond acceptors (Lipinski definition) is 6. The van der Waals surface area contributed by atoms with Gasteiger partial charge in [-0.1, -0.05) is 53.7 Å². The van der Waals surface area contributed by atoms with Crippen LogP contribution in [0.15, 0.2) is 58.5 Å². The smallest absolute Gasteiger partial charge is 0.267 e. The number of benzene rings is 2. The predicted octanol–water partition coefficient (Wildman–Crippen LogP) is 5.04. The molecule has 0 aliphatic carbocycles. The first-order valence-electron chi connectivity index (χ1n) is 11.4. The van der Waals surface area contributed by atoms with Crippen molar-refractivity contribution in [1.82, 2.24) is 14.5 Å². The quantitative estimate of drug-likeness (QED) is 0.284. The van der Waals surface area contributed by atoms with Crippen molar-refractivity contribution in [2.45, 2.75) is 32.0 Å². The Morgan fingerprint density at radius 2 is 1.92 bits per heavy atom. The summed E-state index contributed by atoms with van der Waals surface area (Å²) < 4.78 is 1.61. The van der Waals surface area contributed by atoms with Gasteiger partial charge in [0.15, 0.2) is 5.16 Å². The van der Waals surface area contributed by atoms with Gasteiger partial charge in [0.1, 0.15) is 4.83 Å². The molecule has 0 fully saturated rings. The number of thioether (sulfide) groups is 1. The highest BCUT2D eigenvalue weighted by atomic mass is 35.5. The van der Waals surface area contributed by atoms with Crippen LogP contribution in [0.25, 0.3) is 15.9 Å². The van der Waals surface area contributed by atoms with E-state index in [4.69, 9.17) is 16.6 Å². The third kappa shape index (κ3) is 4.66. The number of carbonyl (C=O) groups excluding carboxylic acids is 2. The molecule has 0 saturated carbocycles. The van der Waals surface area contributed by atoms with E-state index in [0.717, 1.165) is 21.7 Å². The molecular formula is C26H23ClN4O3S2. The van der Waals surface area contributed by atoms with Gasteiger partial charge in [0, 0.05) is 18.3 Å². The minimum Gasteiger partial charge on any atom is -0.337 e. The Hall–Kier alpha value is -3.14. The van der Waals surface area contributed by atoms with Crippen LogP contribution in [-0.4, -0.2) is 38.6 Å². The van der Waals surface area contributed by atoms with Gasteiger partial charge in [-0.2, -0.15) is 0 Å². The zero-order valence-corrected chi connectivity index (χ0v) is 22.1. The normalized spacial score (nSPS) is 13.0. The molecule has 0 radical (unpaired) electrons. The largest absolute Gasteiger partial charge is 0.337 e. The van der Waals surface area contributed by atoms with Gasteiger partial charge in [-0.15, -0.1) is 11.3 Å². The summed E-state index contributed by atoms with van der Waals surface area (Å²) in [6, 6.07) is 14.7. The van der Waals surface area contributed by atoms with E-state index in [9.17, 15) is 14.4 Å². The summed E-state index contributed by atoms with van der Waals surface area (Å²) >= 11 is 8.82. The van der Waals surface area contributed by atoms with E-state index in [0.29, 0.717) is 45.6 Å². The van der Waals surface area contributed by atoms with Gasteiger partial charge in [-0.05, 0) is 42.7 Å². The molecule has 2 amide bonds. The van der Waals surface area contributed by atoms with Crippen LogP contribution in [0.2, 0.25) is 5.02 Å². The molecule has 4 aromatic rings. The third-order valence-electron chi connectivity index (χ3n) is 6.13. The average Bonchev–Trinajstić information content (AvgIpc) is 3.23. The van der Waals surface area contributed by atoms with E-state index in [2.05, 4.69) is 5.32 Å². The van der Waals surface area contributed by atoms with Crippen molar-refractivity contribution in [3.63, 3.8) is 0 Å². The van der Waals surface area contributed by atoms with E-state index in [1.54, 1.807) is 40.7 Å². The van der Waals surface area contributed by atoms with Crippen molar-refractivity contribution in [3.8, 4) is 5.69 Å². The van der Waals surface area contributed by atoms with Crippen molar-refractivity contribution in [2.75, 3.05) is 17.6 Å². The Bertz CT molecular complexity index is 1560. The number of nitrogens with one attached hydrogen (secondary N) is 1. The van der Waals surface area contributed by atoms with Gasteiger partial charge >= 0.3 is 0 Å². The lowest BCUT2D eigenvalue weighted by Crippen LogP contribution is -2.34. The Balaban J connectivity index is 1.55. The summed E-state index contributed by atoms with van der Waals surface area (Å²) in [5.41, 5.74) is 3.00. The molecule has 2 aromatic heterocycles. The van der Waals surface area contributed by atoms with E-state index < -0.39 is 0 Å². The van der Waals surface area contributed by atoms with Gasteiger partial charge < -0.3 is 10.2 Å². The molecule has 3 heterocycles. The average molecular weight is 539 g/mol. The minimum absolute atomic E-state index is 0.0177. The minimum atomic E-state index is -0.249. The maximum atomic E-state index is 13.9. The van der Waals surface area contributed by atoms with Crippen molar-refractivity contribution >= 4 is 62.4 Å². The second kappa shape index (κ2) is 10.1. The third-order valence-corrected chi connectivity index (χ3v) is 8.50. The van der Waals surface area contributed by atoms with Gasteiger partial charge in [0.05, 0.1) is 34.1 Å². The first-order valence-corrected chi connectivity index (χ1v) is 13.6. The van der Waals surface area contributed by atoms with E-state index in [-0.39, 0.29) is 23.1 Å². The molecule has 0 bridgehead atoms. The van der Waals surface area contributed by atoms with Crippen molar-refractivity contribution in [1.29, 1.82) is 0 Å². The molecular weight excluding hydrogens is 516 g/mol. The summed E-state index contributed by atoms with van der Waals surface area (Å²) in [6.07, 6.45) is 0.617. The number of rotatable bonds is 5. The molecule has 1 aliphatic heterocycles. The maximum absolute atomic E-state index is 13.9. The highest BCUT2D eigenvalue weighted by Gasteiger charge is 2.27.